The fraction of sp³-hybridized carbons (Fsp3) is 0.500. The zero-order chi connectivity index (χ0) is 19.2. The van der Waals surface area contributed by atoms with E-state index in [1.807, 2.05) is 23.7 Å². The summed E-state index contributed by atoms with van der Waals surface area (Å²) in [4.78, 5) is 4.62. The molecular formula is C20H28FN5S. The fourth-order valence-corrected chi connectivity index (χ4v) is 3.68. The first kappa shape index (κ1) is 19.8. The first-order valence-corrected chi connectivity index (χ1v) is 9.93. The minimum atomic E-state index is -0.183. The van der Waals surface area contributed by atoms with Crippen molar-refractivity contribution in [3.8, 4) is 0 Å². The number of halogens is 1. The van der Waals surface area contributed by atoms with Crippen molar-refractivity contribution in [1.29, 1.82) is 0 Å². The highest BCUT2D eigenvalue weighted by Crippen LogP contribution is 2.10. The van der Waals surface area contributed by atoms with Crippen LogP contribution in [0.25, 0.3) is 0 Å². The Labute approximate surface area is 166 Å². The van der Waals surface area contributed by atoms with Crippen LogP contribution in [0.2, 0.25) is 0 Å². The molecular weight excluding hydrogens is 361 g/mol. The van der Waals surface area contributed by atoms with Crippen LogP contribution in [0.4, 0.5) is 4.39 Å². The molecule has 1 saturated heterocycles. The van der Waals surface area contributed by atoms with Crippen LogP contribution in [0.1, 0.15) is 23.4 Å². The van der Waals surface area contributed by atoms with E-state index < -0.39 is 0 Å². The number of benzene rings is 1. The minimum absolute atomic E-state index is 0.183. The van der Waals surface area contributed by atoms with Crippen molar-refractivity contribution in [3.63, 3.8) is 0 Å². The van der Waals surface area contributed by atoms with Crippen molar-refractivity contribution in [2.75, 3.05) is 32.7 Å². The zero-order valence-electron chi connectivity index (χ0n) is 16.1. The highest BCUT2D eigenvalue weighted by atomic mass is 32.1. The molecule has 1 N–H and O–H groups in total. The number of hydrogen-bond acceptors (Lipinski definition) is 3. The molecule has 1 aromatic carbocycles. The third-order valence-corrected chi connectivity index (χ3v) is 5.31. The molecule has 0 amide bonds. The van der Waals surface area contributed by atoms with Gasteiger partial charge in [0.05, 0.1) is 5.69 Å². The summed E-state index contributed by atoms with van der Waals surface area (Å²) in [5, 5.41) is 8.70. The Morgan fingerprint density at radius 1 is 1.15 bits per heavy atom. The van der Waals surface area contributed by atoms with Gasteiger partial charge in [-0.2, -0.15) is 5.10 Å². The molecule has 0 spiro atoms. The van der Waals surface area contributed by atoms with Gasteiger partial charge in [0.2, 0.25) is 0 Å². The lowest BCUT2D eigenvalue weighted by molar-refractivity contribution is 0.174. The van der Waals surface area contributed by atoms with Gasteiger partial charge in [-0.25, -0.2) is 4.39 Å². The maximum absolute atomic E-state index is 13.0. The summed E-state index contributed by atoms with van der Waals surface area (Å²) in [7, 11) is 0. The van der Waals surface area contributed by atoms with Gasteiger partial charge in [0.25, 0.3) is 0 Å². The molecule has 146 valence electrons. The van der Waals surface area contributed by atoms with E-state index in [2.05, 4.69) is 33.2 Å². The second-order valence-electron chi connectivity index (χ2n) is 7.13. The van der Waals surface area contributed by atoms with Crippen LogP contribution in [-0.4, -0.2) is 57.4 Å². The number of nitrogens with one attached hydrogen (secondary N) is 1. The van der Waals surface area contributed by atoms with E-state index in [1.165, 1.54) is 17.8 Å². The van der Waals surface area contributed by atoms with Crippen LogP contribution in [0.15, 0.2) is 30.3 Å². The van der Waals surface area contributed by atoms with Crippen LogP contribution >= 0.6 is 12.2 Å². The quantitative estimate of drug-likeness (QED) is 0.607. The second kappa shape index (κ2) is 9.28. The lowest BCUT2D eigenvalue weighted by Gasteiger charge is -2.36. The highest BCUT2D eigenvalue weighted by Gasteiger charge is 2.18. The lowest BCUT2D eigenvalue weighted by atomic mass is 10.2. The third kappa shape index (κ3) is 5.74. The second-order valence-corrected chi connectivity index (χ2v) is 7.51. The topological polar surface area (TPSA) is 36.3 Å². The van der Waals surface area contributed by atoms with Crippen LogP contribution in [0, 0.1) is 19.7 Å². The third-order valence-electron chi connectivity index (χ3n) is 4.91. The average molecular weight is 390 g/mol. The summed E-state index contributed by atoms with van der Waals surface area (Å²) in [5.41, 5.74) is 3.41. The molecule has 5 nitrogen and oxygen atoms in total. The molecule has 3 rings (SSSR count). The largest absolute Gasteiger partial charge is 0.362 e. The summed E-state index contributed by atoms with van der Waals surface area (Å²) >= 11 is 5.55. The Balaban J connectivity index is 1.34. The van der Waals surface area contributed by atoms with Crippen molar-refractivity contribution >= 4 is 17.3 Å². The Hall–Kier alpha value is -1.99. The van der Waals surface area contributed by atoms with Crippen molar-refractivity contribution in [3.05, 3.63) is 53.1 Å². The molecule has 27 heavy (non-hydrogen) atoms. The Bertz CT molecular complexity index is 750. The number of rotatable bonds is 6. The molecule has 1 aliphatic rings. The van der Waals surface area contributed by atoms with Gasteiger partial charge < -0.3 is 10.2 Å². The Morgan fingerprint density at radius 3 is 2.48 bits per heavy atom. The molecule has 0 bridgehead atoms. The number of nitrogens with zero attached hydrogens (tertiary/aromatic N) is 4. The number of aromatic nitrogens is 2. The van der Waals surface area contributed by atoms with Gasteiger partial charge >= 0.3 is 0 Å². The van der Waals surface area contributed by atoms with Gasteiger partial charge in [0.15, 0.2) is 5.11 Å². The van der Waals surface area contributed by atoms with E-state index >= 15 is 0 Å². The summed E-state index contributed by atoms with van der Waals surface area (Å²) in [6.45, 7) is 10.5. The SMILES string of the molecule is Cc1cc(C)n(CCCNC(=S)N2CCN(Cc3ccc(F)cc3)CC2)n1. The van der Waals surface area contributed by atoms with E-state index in [0.29, 0.717) is 0 Å². The molecule has 2 heterocycles. The van der Waals surface area contributed by atoms with Crippen LogP contribution < -0.4 is 5.32 Å². The van der Waals surface area contributed by atoms with Crippen LogP contribution in [-0.2, 0) is 13.1 Å². The van der Waals surface area contributed by atoms with Gasteiger partial charge in [0, 0.05) is 51.5 Å². The van der Waals surface area contributed by atoms with E-state index in [4.69, 9.17) is 12.2 Å². The van der Waals surface area contributed by atoms with Crippen LogP contribution in [0.5, 0.6) is 0 Å². The van der Waals surface area contributed by atoms with Gasteiger partial charge in [-0.3, -0.25) is 9.58 Å². The Morgan fingerprint density at radius 2 is 1.85 bits per heavy atom. The molecule has 1 fully saturated rings. The predicted octanol–water partition coefficient (Wildman–Crippen LogP) is 2.72. The summed E-state index contributed by atoms with van der Waals surface area (Å²) < 4.78 is 15.1. The smallest absolute Gasteiger partial charge is 0.169 e. The molecule has 0 aliphatic carbocycles. The number of hydrogen-bond donors (Lipinski definition) is 1. The monoisotopic (exact) mass is 389 g/mol. The summed E-state index contributed by atoms with van der Waals surface area (Å²) in [6.07, 6.45) is 0.993. The van der Waals surface area contributed by atoms with E-state index in [0.717, 1.165) is 68.6 Å². The highest BCUT2D eigenvalue weighted by molar-refractivity contribution is 7.80. The molecule has 0 unspecified atom stereocenters. The van der Waals surface area contributed by atoms with Crippen molar-refractivity contribution in [2.24, 2.45) is 0 Å². The maximum atomic E-state index is 13.0. The van der Waals surface area contributed by atoms with E-state index in [9.17, 15) is 4.39 Å². The molecule has 0 radical (unpaired) electrons. The first-order chi connectivity index (χ1) is 13.0. The number of piperazine rings is 1. The molecule has 1 aliphatic heterocycles. The van der Waals surface area contributed by atoms with Crippen molar-refractivity contribution in [1.82, 2.24) is 24.9 Å². The first-order valence-electron chi connectivity index (χ1n) is 9.52. The van der Waals surface area contributed by atoms with E-state index in [-0.39, 0.29) is 5.82 Å². The Kier molecular flexibility index (Phi) is 6.79. The summed E-state index contributed by atoms with van der Waals surface area (Å²) in [5.74, 6) is -0.183. The fourth-order valence-electron chi connectivity index (χ4n) is 3.39. The summed E-state index contributed by atoms with van der Waals surface area (Å²) in [6, 6.07) is 8.87. The molecule has 7 heteroatoms. The van der Waals surface area contributed by atoms with Gasteiger partial charge in [-0.05, 0) is 56.2 Å². The average Bonchev–Trinajstić information content (AvgIpc) is 2.98. The molecule has 2 aromatic rings. The number of thiocarbonyl (C=S) groups is 1. The van der Waals surface area contributed by atoms with E-state index in [1.54, 1.807) is 0 Å². The molecule has 1 aromatic heterocycles. The number of aryl methyl sites for hydroxylation is 3. The lowest BCUT2D eigenvalue weighted by Crippen LogP contribution is -2.51. The predicted molar refractivity (Wildman–Crippen MR) is 110 cm³/mol. The van der Waals surface area contributed by atoms with Gasteiger partial charge in [-0.15, -0.1) is 0 Å². The standard InChI is InChI=1S/C20H28FN5S/c1-16-14-17(2)26(23-16)9-3-8-22-20(27)25-12-10-24(11-13-25)15-18-4-6-19(21)7-5-18/h4-7,14H,3,8-13,15H2,1-2H3,(H,22,27). The zero-order valence-corrected chi connectivity index (χ0v) is 16.9. The van der Waals surface area contributed by atoms with Crippen molar-refractivity contribution in [2.45, 2.75) is 33.4 Å². The minimum Gasteiger partial charge on any atom is -0.362 e. The molecule has 0 atom stereocenters. The molecule has 0 saturated carbocycles. The van der Waals surface area contributed by atoms with Gasteiger partial charge in [-0.1, -0.05) is 12.1 Å². The van der Waals surface area contributed by atoms with Crippen LogP contribution in [0.3, 0.4) is 0 Å². The maximum Gasteiger partial charge on any atom is 0.169 e. The normalized spacial score (nSPS) is 15.1. The van der Waals surface area contributed by atoms with Gasteiger partial charge in [0.1, 0.15) is 5.82 Å². The van der Waals surface area contributed by atoms with Crippen molar-refractivity contribution < 1.29 is 4.39 Å².